The van der Waals surface area contributed by atoms with E-state index >= 15 is 0 Å². The van der Waals surface area contributed by atoms with Gasteiger partial charge in [0.1, 0.15) is 11.6 Å². The first kappa shape index (κ1) is 18.4. The number of amides is 1. The zero-order chi connectivity index (χ0) is 19.7. The van der Waals surface area contributed by atoms with Gasteiger partial charge in [0, 0.05) is 48.7 Å². The normalized spacial score (nSPS) is 15.4. The summed E-state index contributed by atoms with van der Waals surface area (Å²) in [6.07, 6.45) is 7.24. The van der Waals surface area contributed by atoms with Gasteiger partial charge in [0.2, 0.25) is 0 Å². The molecule has 1 saturated heterocycles. The number of H-pyrrole nitrogens is 1. The number of nitrogens with one attached hydrogen (secondary N) is 1. The monoisotopic (exact) mass is 378 g/mol. The number of piperidine rings is 1. The number of imidazole rings is 1. The van der Waals surface area contributed by atoms with Crippen LogP contribution in [0.25, 0.3) is 5.82 Å². The molecular weight excluding hydrogens is 352 g/mol. The Morgan fingerprint density at radius 1 is 1.25 bits per heavy atom. The van der Waals surface area contributed by atoms with Crippen LogP contribution in [0.2, 0.25) is 0 Å². The molecular formula is C21H26N6O. The van der Waals surface area contributed by atoms with Crippen LogP contribution in [-0.2, 0) is 0 Å². The van der Waals surface area contributed by atoms with E-state index in [-0.39, 0.29) is 5.91 Å². The summed E-state index contributed by atoms with van der Waals surface area (Å²) in [5, 5.41) is 6.80. The molecule has 28 heavy (non-hydrogen) atoms. The molecule has 0 unspecified atom stereocenters. The molecule has 1 aliphatic rings. The van der Waals surface area contributed by atoms with Gasteiger partial charge in [-0.2, -0.15) is 5.10 Å². The molecule has 0 spiro atoms. The number of hydrogen-bond acceptors (Lipinski definition) is 4. The van der Waals surface area contributed by atoms with Crippen molar-refractivity contribution in [3.8, 4) is 5.82 Å². The lowest BCUT2D eigenvalue weighted by molar-refractivity contribution is 0.0711. The average molecular weight is 378 g/mol. The van der Waals surface area contributed by atoms with Crippen molar-refractivity contribution in [3.63, 3.8) is 0 Å². The highest BCUT2D eigenvalue weighted by molar-refractivity contribution is 5.95. The van der Waals surface area contributed by atoms with Gasteiger partial charge in [-0.1, -0.05) is 19.9 Å². The van der Waals surface area contributed by atoms with E-state index in [1.165, 1.54) is 0 Å². The van der Waals surface area contributed by atoms with Gasteiger partial charge >= 0.3 is 0 Å². The molecule has 3 aromatic rings. The highest BCUT2D eigenvalue weighted by atomic mass is 16.2. The van der Waals surface area contributed by atoms with E-state index in [2.05, 4.69) is 45.7 Å². The minimum atomic E-state index is 0.0615. The molecule has 0 aromatic carbocycles. The largest absolute Gasteiger partial charge is 0.338 e. The lowest BCUT2D eigenvalue weighted by Crippen LogP contribution is -2.38. The summed E-state index contributed by atoms with van der Waals surface area (Å²) in [5.74, 6) is 2.68. The molecule has 4 rings (SSSR count). The molecule has 7 nitrogen and oxygen atoms in total. The number of carbonyl (C=O) groups is 1. The molecule has 0 radical (unpaired) electrons. The summed E-state index contributed by atoms with van der Waals surface area (Å²) in [5.41, 5.74) is 2.58. The van der Waals surface area contributed by atoms with Crippen molar-refractivity contribution >= 4 is 5.91 Å². The minimum absolute atomic E-state index is 0.0615. The van der Waals surface area contributed by atoms with Gasteiger partial charge in [-0.05, 0) is 31.9 Å². The molecule has 1 aliphatic heterocycles. The Morgan fingerprint density at radius 3 is 2.71 bits per heavy atom. The zero-order valence-electron chi connectivity index (χ0n) is 16.6. The molecule has 7 heteroatoms. The molecule has 146 valence electrons. The van der Waals surface area contributed by atoms with Crippen LogP contribution in [0.3, 0.4) is 0 Å². The third-order valence-electron chi connectivity index (χ3n) is 5.45. The molecule has 1 N–H and O–H groups in total. The Bertz CT molecular complexity index is 965. The fourth-order valence-electron chi connectivity index (χ4n) is 3.85. The summed E-state index contributed by atoms with van der Waals surface area (Å²) >= 11 is 0. The van der Waals surface area contributed by atoms with E-state index in [4.69, 9.17) is 4.98 Å². The minimum Gasteiger partial charge on any atom is -0.338 e. The number of nitrogens with zero attached hydrogens (tertiary/aromatic N) is 5. The smallest absolute Gasteiger partial charge is 0.257 e. The van der Waals surface area contributed by atoms with Crippen molar-refractivity contribution in [3.05, 3.63) is 59.6 Å². The van der Waals surface area contributed by atoms with Gasteiger partial charge in [0.25, 0.3) is 5.91 Å². The number of carbonyl (C=O) groups excluding carboxylic acids is 1. The quantitative estimate of drug-likeness (QED) is 0.754. The van der Waals surface area contributed by atoms with Gasteiger partial charge in [-0.25, -0.2) is 9.97 Å². The Hall–Kier alpha value is -2.96. The van der Waals surface area contributed by atoms with Crippen LogP contribution in [0, 0.1) is 6.92 Å². The molecule has 4 heterocycles. The van der Waals surface area contributed by atoms with Crippen molar-refractivity contribution in [1.29, 1.82) is 0 Å². The van der Waals surface area contributed by atoms with E-state index < -0.39 is 0 Å². The summed E-state index contributed by atoms with van der Waals surface area (Å²) in [7, 11) is 0. The topological polar surface area (TPSA) is 79.7 Å². The lowest BCUT2D eigenvalue weighted by atomic mass is 9.92. The first-order valence-corrected chi connectivity index (χ1v) is 9.84. The van der Waals surface area contributed by atoms with Crippen LogP contribution in [0.15, 0.2) is 36.8 Å². The second kappa shape index (κ2) is 7.58. The van der Waals surface area contributed by atoms with E-state index in [0.717, 1.165) is 49.0 Å². The number of likely N-dealkylation sites (tertiary alicyclic amines) is 1. The summed E-state index contributed by atoms with van der Waals surface area (Å²) < 4.78 is 2.06. The Morgan fingerprint density at radius 2 is 2.04 bits per heavy atom. The van der Waals surface area contributed by atoms with Crippen molar-refractivity contribution in [1.82, 2.24) is 29.6 Å². The number of pyridine rings is 1. The first-order valence-electron chi connectivity index (χ1n) is 9.84. The molecule has 0 saturated carbocycles. The van der Waals surface area contributed by atoms with E-state index in [1.54, 1.807) is 6.20 Å². The van der Waals surface area contributed by atoms with Crippen molar-refractivity contribution in [2.45, 2.75) is 45.4 Å². The zero-order valence-corrected chi connectivity index (χ0v) is 16.6. The summed E-state index contributed by atoms with van der Waals surface area (Å²) in [4.78, 5) is 24.0. The Balaban J connectivity index is 1.47. The third-order valence-corrected chi connectivity index (χ3v) is 5.45. The Labute approximate surface area is 164 Å². The first-order chi connectivity index (χ1) is 13.5. The molecule has 0 bridgehead atoms. The highest BCUT2D eigenvalue weighted by Gasteiger charge is 2.26. The second-order valence-corrected chi connectivity index (χ2v) is 7.71. The molecule has 1 amide bonds. The molecule has 3 aromatic heterocycles. The van der Waals surface area contributed by atoms with Gasteiger partial charge < -0.3 is 4.90 Å². The van der Waals surface area contributed by atoms with Gasteiger partial charge in [0.05, 0.1) is 11.8 Å². The lowest BCUT2D eigenvalue weighted by Gasteiger charge is -2.31. The van der Waals surface area contributed by atoms with Crippen LogP contribution in [-0.4, -0.2) is 48.6 Å². The molecule has 1 fully saturated rings. The number of rotatable bonds is 4. The fourth-order valence-corrected chi connectivity index (χ4v) is 3.85. The fraction of sp³-hybridized carbons (Fsp3) is 0.429. The standard InChI is InChI=1S/C21H26N6O/c1-14(2)20-22-9-12-27(20)19-6-4-5-18(24-19)16-7-10-26(11-8-16)21(28)17-13-23-25-15(17)3/h4-6,9,12-14,16H,7-8,10-11H2,1-3H3,(H,23,25). The maximum Gasteiger partial charge on any atom is 0.257 e. The maximum atomic E-state index is 12.7. The van der Waals surface area contributed by atoms with E-state index in [9.17, 15) is 4.79 Å². The number of aromatic nitrogens is 5. The van der Waals surface area contributed by atoms with Crippen molar-refractivity contribution in [2.24, 2.45) is 0 Å². The van der Waals surface area contributed by atoms with Crippen LogP contribution >= 0.6 is 0 Å². The molecule has 0 aliphatic carbocycles. The van der Waals surface area contributed by atoms with Crippen molar-refractivity contribution < 1.29 is 4.79 Å². The van der Waals surface area contributed by atoms with Crippen LogP contribution in [0.5, 0.6) is 0 Å². The third kappa shape index (κ3) is 3.44. The number of aromatic amines is 1. The predicted molar refractivity (Wildman–Crippen MR) is 107 cm³/mol. The Kier molecular flexibility index (Phi) is 4.98. The van der Waals surface area contributed by atoms with Crippen molar-refractivity contribution in [2.75, 3.05) is 13.1 Å². The average Bonchev–Trinajstić information content (AvgIpc) is 3.37. The van der Waals surface area contributed by atoms with Gasteiger partial charge in [-0.3, -0.25) is 14.5 Å². The highest BCUT2D eigenvalue weighted by Crippen LogP contribution is 2.28. The van der Waals surface area contributed by atoms with Gasteiger partial charge in [0.15, 0.2) is 0 Å². The number of aryl methyl sites for hydroxylation is 1. The SMILES string of the molecule is Cc1[nH]ncc1C(=O)N1CCC(c2cccc(-n3ccnc3C(C)C)n2)CC1. The number of hydrogen-bond donors (Lipinski definition) is 1. The predicted octanol–water partition coefficient (Wildman–Crippen LogP) is 3.44. The maximum absolute atomic E-state index is 12.7. The summed E-state index contributed by atoms with van der Waals surface area (Å²) in [6.45, 7) is 7.63. The second-order valence-electron chi connectivity index (χ2n) is 7.71. The van der Waals surface area contributed by atoms with Gasteiger partial charge in [-0.15, -0.1) is 0 Å². The van der Waals surface area contributed by atoms with E-state index in [0.29, 0.717) is 17.4 Å². The van der Waals surface area contributed by atoms with Crippen LogP contribution in [0.1, 0.15) is 66.1 Å². The molecule has 0 atom stereocenters. The van der Waals surface area contributed by atoms with Crippen LogP contribution < -0.4 is 0 Å². The van der Waals surface area contributed by atoms with E-state index in [1.807, 2.05) is 30.3 Å². The van der Waals surface area contributed by atoms with Crippen LogP contribution in [0.4, 0.5) is 0 Å². The summed E-state index contributed by atoms with van der Waals surface area (Å²) in [6, 6.07) is 6.18.